The first-order chi connectivity index (χ1) is 18.9. The predicted octanol–water partition coefficient (Wildman–Crippen LogP) is 2.41. The van der Waals surface area contributed by atoms with E-state index in [1.807, 2.05) is 31.2 Å². The molecule has 1 aliphatic heterocycles. The maximum Gasteiger partial charge on any atom is 0.336 e. The number of hydrogen-bond donors (Lipinski definition) is 5. The number of ether oxygens (including phenoxy) is 1. The molecule has 12 nitrogen and oxygen atoms in total. The minimum atomic E-state index is -2.74. The summed E-state index contributed by atoms with van der Waals surface area (Å²) >= 11 is 1.60. The average molecular weight is 580 g/mol. The number of nitrogens with one attached hydrogen (secondary N) is 1. The van der Waals surface area contributed by atoms with Crippen LogP contribution in [0.25, 0.3) is 11.3 Å². The lowest BCUT2D eigenvalue weighted by molar-refractivity contribution is -0.170. The Morgan fingerprint density at radius 3 is 2.12 bits per heavy atom. The Morgan fingerprint density at radius 1 is 1.07 bits per heavy atom. The van der Waals surface area contributed by atoms with Crippen molar-refractivity contribution in [2.24, 2.45) is 0 Å². The molecule has 1 unspecified atom stereocenters. The van der Waals surface area contributed by atoms with E-state index in [9.17, 15) is 19.2 Å². The number of nitrogens with zero attached hydrogens (tertiary/aromatic N) is 2. The summed E-state index contributed by atoms with van der Waals surface area (Å²) < 4.78 is 5.23. The van der Waals surface area contributed by atoms with Crippen molar-refractivity contribution in [2.75, 3.05) is 26.7 Å². The molecule has 1 aliphatic rings. The molecule has 5 N–H and O–H groups in total. The average Bonchev–Trinajstić information content (AvgIpc) is 3.52. The number of aromatic nitrogens is 1. The molecule has 1 fully saturated rings. The van der Waals surface area contributed by atoms with Gasteiger partial charge in [0, 0.05) is 23.0 Å². The van der Waals surface area contributed by atoms with E-state index in [2.05, 4.69) is 22.1 Å². The standard InChI is InChI=1S/C21H29N3O2S.C6H8O7/c1-4-17(14-24-11-5-6-12-24)23-20(25)13-19-21(22-15(2)27-19)16-7-9-18(26-3)10-8-16;7-3(8)1-6(13,5(11)12)2-4(9)10/h7-10,17H,4-6,11-14H2,1-3H3,(H,23,25);13H,1-2H2,(H,7,8)(H,9,10)(H,11,12). The van der Waals surface area contributed by atoms with Crippen LogP contribution in [-0.2, 0) is 25.6 Å². The van der Waals surface area contributed by atoms with Crippen LogP contribution in [0.5, 0.6) is 5.75 Å². The third kappa shape index (κ3) is 10.2. The summed E-state index contributed by atoms with van der Waals surface area (Å²) in [5.41, 5.74) is -0.813. The molecule has 2 aromatic rings. The quantitative estimate of drug-likeness (QED) is 0.235. The van der Waals surface area contributed by atoms with Gasteiger partial charge in [0.25, 0.3) is 0 Å². The Balaban J connectivity index is 0.000000366. The number of likely N-dealkylation sites (tertiary alicyclic amines) is 1. The Bertz CT molecular complexity index is 1140. The number of amides is 1. The number of aliphatic hydroxyl groups is 1. The molecule has 1 atom stereocenters. The molecule has 1 saturated heterocycles. The number of carboxylic acids is 3. The summed E-state index contributed by atoms with van der Waals surface area (Å²) in [5.74, 6) is -4.12. The maximum atomic E-state index is 12.7. The van der Waals surface area contributed by atoms with Crippen LogP contribution < -0.4 is 10.1 Å². The zero-order valence-electron chi connectivity index (χ0n) is 22.9. The van der Waals surface area contributed by atoms with Crippen molar-refractivity contribution in [3.05, 3.63) is 34.2 Å². The fourth-order valence-electron chi connectivity index (χ4n) is 4.26. The van der Waals surface area contributed by atoms with E-state index < -0.39 is 36.4 Å². The van der Waals surface area contributed by atoms with E-state index in [0.717, 1.165) is 52.9 Å². The molecule has 13 heteroatoms. The van der Waals surface area contributed by atoms with E-state index in [0.29, 0.717) is 6.42 Å². The first-order valence-corrected chi connectivity index (χ1v) is 13.7. The van der Waals surface area contributed by atoms with Gasteiger partial charge in [0.2, 0.25) is 5.91 Å². The highest BCUT2D eigenvalue weighted by atomic mass is 32.1. The predicted molar refractivity (Wildman–Crippen MR) is 148 cm³/mol. The third-order valence-corrected chi connectivity index (χ3v) is 7.28. The highest BCUT2D eigenvalue weighted by molar-refractivity contribution is 7.12. The highest BCUT2D eigenvalue weighted by Crippen LogP contribution is 2.30. The van der Waals surface area contributed by atoms with Gasteiger partial charge in [-0.1, -0.05) is 6.92 Å². The van der Waals surface area contributed by atoms with Crippen LogP contribution in [0.3, 0.4) is 0 Å². The molecular formula is C27H37N3O9S. The summed E-state index contributed by atoms with van der Waals surface area (Å²) in [6, 6.07) is 8.07. The molecule has 1 amide bonds. The first kappa shape index (κ1) is 32.7. The molecule has 0 spiro atoms. The van der Waals surface area contributed by atoms with Crippen molar-refractivity contribution in [3.8, 4) is 17.0 Å². The second-order valence-electron chi connectivity index (χ2n) is 9.57. The van der Waals surface area contributed by atoms with Gasteiger partial charge in [-0.25, -0.2) is 9.78 Å². The fourth-order valence-corrected chi connectivity index (χ4v) is 5.21. The second-order valence-corrected chi connectivity index (χ2v) is 10.9. The number of thiazole rings is 1. The van der Waals surface area contributed by atoms with Crippen LogP contribution in [0, 0.1) is 6.92 Å². The number of aliphatic carboxylic acids is 3. The molecule has 1 aromatic heterocycles. The van der Waals surface area contributed by atoms with Crippen molar-refractivity contribution >= 4 is 35.2 Å². The van der Waals surface area contributed by atoms with Gasteiger partial charge in [-0.05, 0) is 63.5 Å². The zero-order chi connectivity index (χ0) is 29.9. The van der Waals surface area contributed by atoms with Crippen LogP contribution in [0.2, 0.25) is 0 Å². The summed E-state index contributed by atoms with van der Waals surface area (Å²) in [5, 5.41) is 38.0. The zero-order valence-corrected chi connectivity index (χ0v) is 23.7. The van der Waals surface area contributed by atoms with Gasteiger partial charge < -0.3 is 35.4 Å². The molecule has 0 aliphatic carbocycles. The van der Waals surface area contributed by atoms with Crippen molar-refractivity contribution in [1.82, 2.24) is 15.2 Å². The second kappa shape index (κ2) is 15.3. The van der Waals surface area contributed by atoms with Gasteiger partial charge in [0.1, 0.15) is 5.75 Å². The normalized spacial score (nSPS) is 14.1. The van der Waals surface area contributed by atoms with E-state index in [-0.39, 0.29) is 11.9 Å². The maximum absolute atomic E-state index is 12.7. The summed E-state index contributed by atoms with van der Waals surface area (Å²) in [6.45, 7) is 7.39. The van der Waals surface area contributed by atoms with Gasteiger partial charge in [0.15, 0.2) is 5.60 Å². The lowest BCUT2D eigenvalue weighted by Crippen LogP contribution is -2.43. The van der Waals surface area contributed by atoms with E-state index in [4.69, 9.17) is 25.2 Å². The van der Waals surface area contributed by atoms with Crippen molar-refractivity contribution < 1.29 is 44.3 Å². The lowest BCUT2D eigenvalue weighted by Gasteiger charge is -2.23. The lowest BCUT2D eigenvalue weighted by atomic mass is 9.96. The molecule has 3 rings (SSSR count). The minimum Gasteiger partial charge on any atom is -0.497 e. The van der Waals surface area contributed by atoms with Gasteiger partial charge in [-0.3, -0.25) is 14.4 Å². The summed E-state index contributed by atoms with van der Waals surface area (Å²) in [6.07, 6.45) is 1.59. The van der Waals surface area contributed by atoms with Gasteiger partial charge >= 0.3 is 17.9 Å². The molecule has 220 valence electrons. The number of carboxylic acid groups (broad SMARTS) is 3. The summed E-state index contributed by atoms with van der Waals surface area (Å²) in [4.78, 5) is 51.3. The van der Waals surface area contributed by atoms with Crippen LogP contribution in [0.1, 0.15) is 48.9 Å². The van der Waals surface area contributed by atoms with E-state index in [1.54, 1.807) is 18.4 Å². The molecule has 2 heterocycles. The Kier molecular flexibility index (Phi) is 12.5. The number of benzene rings is 1. The number of aryl methyl sites for hydroxylation is 1. The van der Waals surface area contributed by atoms with Crippen LogP contribution in [0.15, 0.2) is 24.3 Å². The smallest absolute Gasteiger partial charge is 0.336 e. The number of carbonyl (C=O) groups excluding carboxylic acids is 1. The molecule has 0 saturated carbocycles. The van der Waals surface area contributed by atoms with Crippen LogP contribution in [-0.4, -0.2) is 92.5 Å². The van der Waals surface area contributed by atoms with Crippen LogP contribution >= 0.6 is 11.3 Å². The van der Waals surface area contributed by atoms with Crippen LogP contribution in [0.4, 0.5) is 0 Å². The fraction of sp³-hybridized carbons (Fsp3) is 0.519. The van der Waals surface area contributed by atoms with Gasteiger partial charge in [-0.2, -0.15) is 0 Å². The van der Waals surface area contributed by atoms with Crippen molar-refractivity contribution in [2.45, 2.75) is 64.0 Å². The van der Waals surface area contributed by atoms with Gasteiger partial charge in [-0.15, -0.1) is 11.3 Å². The Labute approximate surface area is 236 Å². The van der Waals surface area contributed by atoms with Crippen molar-refractivity contribution in [3.63, 3.8) is 0 Å². The van der Waals surface area contributed by atoms with Gasteiger partial charge in [0.05, 0.1) is 37.1 Å². The number of methoxy groups -OCH3 is 1. The molecule has 0 radical (unpaired) electrons. The third-order valence-electron chi connectivity index (χ3n) is 6.31. The molecule has 40 heavy (non-hydrogen) atoms. The first-order valence-electron chi connectivity index (χ1n) is 12.9. The molecule has 1 aromatic carbocycles. The molecular weight excluding hydrogens is 542 g/mol. The topological polar surface area (TPSA) is 187 Å². The number of hydrogen-bond acceptors (Lipinski definition) is 9. The monoisotopic (exact) mass is 579 g/mol. The summed E-state index contributed by atoms with van der Waals surface area (Å²) in [7, 11) is 1.66. The Morgan fingerprint density at radius 2 is 1.65 bits per heavy atom. The molecule has 0 bridgehead atoms. The largest absolute Gasteiger partial charge is 0.497 e. The van der Waals surface area contributed by atoms with E-state index in [1.165, 1.54) is 12.8 Å². The highest BCUT2D eigenvalue weighted by Gasteiger charge is 2.40. The Hall–Kier alpha value is -3.55. The number of carbonyl (C=O) groups is 4. The van der Waals surface area contributed by atoms with Crippen molar-refractivity contribution in [1.29, 1.82) is 0 Å². The minimum absolute atomic E-state index is 0.0828. The number of rotatable bonds is 13. The van der Waals surface area contributed by atoms with E-state index >= 15 is 0 Å². The SMILES string of the molecule is CCC(CN1CCCC1)NC(=O)Cc1sc(C)nc1-c1ccc(OC)cc1.O=C(O)CC(O)(CC(=O)O)C(=O)O.